The summed E-state index contributed by atoms with van der Waals surface area (Å²) >= 11 is 0. The zero-order valence-electron chi connectivity index (χ0n) is 17.2. The van der Waals surface area contributed by atoms with Crippen LogP contribution >= 0.6 is 0 Å². The van der Waals surface area contributed by atoms with Crippen LogP contribution in [0.1, 0.15) is 42.1 Å². The van der Waals surface area contributed by atoms with E-state index in [0.29, 0.717) is 6.54 Å². The van der Waals surface area contributed by atoms with Crippen LogP contribution in [-0.2, 0) is 17.6 Å². The van der Waals surface area contributed by atoms with Crippen LogP contribution in [0.5, 0.6) is 11.5 Å². The van der Waals surface area contributed by atoms with Crippen molar-refractivity contribution in [2.24, 2.45) is 0 Å². The van der Waals surface area contributed by atoms with Gasteiger partial charge in [-0.1, -0.05) is 18.2 Å². The molecule has 2 aliphatic rings. The van der Waals surface area contributed by atoms with Crippen molar-refractivity contribution in [2.45, 2.75) is 44.2 Å². The standard InChI is InChI=1S/C24H30N2O4/c27-21-8-4-18(5-9-21)23(28)15-25-20-7-3-17-6-10-22(14-19(17)13-20)30-16-24(29)26-11-1-2-12-26/h4-6,8-10,14,20,23,25,27-28H,1-3,7,11-13,15-16H2/t20-,23+/m0/s1. The van der Waals surface area contributed by atoms with Crippen molar-refractivity contribution < 1.29 is 19.7 Å². The smallest absolute Gasteiger partial charge is 0.260 e. The highest BCUT2D eigenvalue weighted by Gasteiger charge is 2.21. The van der Waals surface area contributed by atoms with Gasteiger partial charge in [0.2, 0.25) is 0 Å². The van der Waals surface area contributed by atoms with Crippen LogP contribution in [0.4, 0.5) is 0 Å². The van der Waals surface area contributed by atoms with Gasteiger partial charge < -0.3 is 25.2 Å². The first kappa shape index (κ1) is 20.7. The number of benzene rings is 2. The highest BCUT2D eigenvalue weighted by atomic mass is 16.5. The van der Waals surface area contributed by atoms with Crippen molar-refractivity contribution >= 4 is 5.91 Å². The normalized spacial score (nSPS) is 19.4. The highest BCUT2D eigenvalue weighted by molar-refractivity contribution is 5.78. The summed E-state index contributed by atoms with van der Waals surface area (Å²) < 4.78 is 5.78. The molecule has 1 amide bonds. The average Bonchev–Trinajstić information content (AvgIpc) is 3.31. The van der Waals surface area contributed by atoms with Crippen LogP contribution < -0.4 is 10.1 Å². The number of aliphatic hydroxyl groups excluding tert-OH is 1. The number of phenols is 1. The number of hydrogen-bond acceptors (Lipinski definition) is 5. The highest BCUT2D eigenvalue weighted by Crippen LogP contribution is 2.26. The number of fused-ring (bicyclic) bond motifs is 1. The maximum Gasteiger partial charge on any atom is 0.260 e. The molecule has 4 rings (SSSR count). The summed E-state index contributed by atoms with van der Waals surface area (Å²) in [6, 6.07) is 13.1. The number of carbonyl (C=O) groups excluding carboxylic acids is 1. The third-order valence-corrected chi connectivity index (χ3v) is 6.10. The lowest BCUT2D eigenvalue weighted by atomic mass is 9.88. The van der Waals surface area contributed by atoms with E-state index >= 15 is 0 Å². The van der Waals surface area contributed by atoms with Crippen LogP contribution in [0.3, 0.4) is 0 Å². The molecule has 1 aliphatic carbocycles. The summed E-state index contributed by atoms with van der Waals surface area (Å²) in [5.41, 5.74) is 3.35. The Morgan fingerprint density at radius 1 is 1.13 bits per heavy atom. The number of nitrogens with one attached hydrogen (secondary N) is 1. The van der Waals surface area contributed by atoms with Crippen molar-refractivity contribution in [1.82, 2.24) is 10.2 Å². The summed E-state index contributed by atoms with van der Waals surface area (Å²) in [5.74, 6) is 1.00. The second kappa shape index (κ2) is 9.49. The van der Waals surface area contributed by atoms with Crippen molar-refractivity contribution in [3.05, 3.63) is 59.2 Å². The molecule has 6 heteroatoms. The topological polar surface area (TPSA) is 82.0 Å². The molecular weight excluding hydrogens is 380 g/mol. The number of ether oxygens (including phenoxy) is 1. The zero-order valence-corrected chi connectivity index (χ0v) is 17.2. The Labute approximate surface area is 177 Å². The molecule has 0 aromatic heterocycles. The number of aliphatic hydroxyl groups is 1. The van der Waals surface area contributed by atoms with Gasteiger partial charge in [-0.25, -0.2) is 0 Å². The lowest BCUT2D eigenvalue weighted by Crippen LogP contribution is -2.37. The lowest BCUT2D eigenvalue weighted by Gasteiger charge is -2.27. The summed E-state index contributed by atoms with van der Waals surface area (Å²) in [6.45, 7) is 2.25. The van der Waals surface area contributed by atoms with Gasteiger partial charge in [-0.05, 0) is 73.1 Å². The van der Waals surface area contributed by atoms with E-state index in [1.165, 1.54) is 11.1 Å². The van der Waals surface area contributed by atoms with Crippen LogP contribution in [0, 0.1) is 0 Å². The predicted molar refractivity (Wildman–Crippen MR) is 115 cm³/mol. The molecule has 0 saturated carbocycles. The molecule has 1 fully saturated rings. The number of nitrogens with zero attached hydrogens (tertiary/aromatic N) is 1. The summed E-state index contributed by atoms with van der Waals surface area (Å²) in [4.78, 5) is 14.1. The molecule has 6 nitrogen and oxygen atoms in total. The largest absolute Gasteiger partial charge is 0.508 e. The Hall–Kier alpha value is -2.57. The Kier molecular flexibility index (Phi) is 6.55. The van der Waals surface area contributed by atoms with E-state index in [0.717, 1.165) is 56.5 Å². The van der Waals surface area contributed by atoms with E-state index in [2.05, 4.69) is 17.4 Å². The number of likely N-dealkylation sites (tertiary alicyclic amines) is 1. The number of hydrogen-bond donors (Lipinski definition) is 3. The molecule has 2 aromatic carbocycles. The predicted octanol–water partition coefficient (Wildman–Crippen LogP) is 2.57. The van der Waals surface area contributed by atoms with E-state index in [1.807, 2.05) is 11.0 Å². The fraction of sp³-hybridized carbons (Fsp3) is 0.458. The minimum absolute atomic E-state index is 0.0629. The van der Waals surface area contributed by atoms with Gasteiger partial charge >= 0.3 is 0 Å². The Bertz CT molecular complexity index is 862. The molecule has 1 saturated heterocycles. The first-order valence-corrected chi connectivity index (χ1v) is 10.8. The van der Waals surface area contributed by atoms with Crippen molar-refractivity contribution in [1.29, 1.82) is 0 Å². The molecule has 0 unspecified atom stereocenters. The van der Waals surface area contributed by atoms with E-state index in [4.69, 9.17) is 4.74 Å². The Morgan fingerprint density at radius 2 is 1.90 bits per heavy atom. The molecule has 0 spiro atoms. The third-order valence-electron chi connectivity index (χ3n) is 6.10. The van der Waals surface area contributed by atoms with E-state index in [9.17, 15) is 15.0 Å². The second-order valence-electron chi connectivity index (χ2n) is 8.26. The molecule has 0 bridgehead atoms. The number of aromatic hydroxyl groups is 1. The molecule has 0 radical (unpaired) electrons. The van der Waals surface area contributed by atoms with Crippen LogP contribution in [0.2, 0.25) is 0 Å². The molecular formula is C24H30N2O4. The first-order chi connectivity index (χ1) is 14.6. The van der Waals surface area contributed by atoms with Crippen molar-refractivity contribution in [3.8, 4) is 11.5 Å². The van der Waals surface area contributed by atoms with Gasteiger partial charge in [-0.2, -0.15) is 0 Å². The molecule has 3 N–H and O–H groups in total. The summed E-state index contributed by atoms with van der Waals surface area (Å²) in [7, 11) is 0. The summed E-state index contributed by atoms with van der Waals surface area (Å²) in [6.07, 6.45) is 4.42. The van der Waals surface area contributed by atoms with Gasteiger partial charge in [-0.3, -0.25) is 4.79 Å². The van der Waals surface area contributed by atoms with Crippen molar-refractivity contribution in [3.63, 3.8) is 0 Å². The molecule has 160 valence electrons. The molecule has 1 aliphatic heterocycles. The van der Waals surface area contributed by atoms with E-state index in [-0.39, 0.29) is 24.3 Å². The fourth-order valence-corrected chi connectivity index (χ4v) is 4.29. The van der Waals surface area contributed by atoms with E-state index < -0.39 is 6.10 Å². The van der Waals surface area contributed by atoms with E-state index in [1.54, 1.807) is 24.3 Å². The SMILES string of the molecule is O=C(COc1ccc2c(c1)C[C@@H](NC[C@@H](O)c1ccc(O)cc1)CC2)N1CCCC1. The monoisotopic (exact) mass is 410 g/mol. The number of amides is 1. The number of carbonyl (C=O) groups is 1. The van der Waals surface area contributed by atoms with Crippen molar-refractivity contribution in [2.75, 3.05) is 26.2 Å². The van der Waals surface area contributed by atoms with Gasteiger partial charge in [0, 0.05) is 25.7 Å². The lowest BCUT2D eigenvalue weighted by molar-refractivity contribution is -0.132. The zero-order chi connectivity index (χ0) is 20.9. The van der Waals surface area contributed by atoms with Gasteiger partial charge in [0.25, 0.3) is 5.91 Å². The molecule has 1 heterocycles. The number of rotatable bonds is 7. The Morgan fingerprint density at radius 3 is 2.67 bits per heavy atom. The van der Waals surface area contributed by atoms with Crippen LogP contribution in [0.15, 0.2) is 42.5 Å². The third kappa shape index (κ3) is 5.12. The second-order valence-corrected chi connectivity index (χ2v) is 8.26. The maximum atomic E-state index is 12.2. The molecule has 2 aromatic rings. The minimum atomic E-state index is -0.613. The maximum absolute atomic E-state index is 12.2. The number of phenolic OH excluding ortho intramolecular Hbond substituents is 1. The van der Waals surface area contributed by atoms with Crippen LogP contribution in [-0.4, -0.2) is 53.3 Å². The van der Waals surface area contributed by atoms with Crippen LogP contribution in [0.25, 0.3) is 0 Å². The first-order valence-electron chi connectivity index (χ1n) is 10.8. The quantitative estimate of drug-likeness (QED) is 0.654. The van der Waals surface area contributed by atoms with Gasteiger partial charge in [0.15, 0.2) is 6.61 Å². The molecule has 30 heavy (non-hydrogen) atoms. The van der Waals surface area contributed by atoms with Gasteiger partial charge in [0.1, 0.15) is 11.5 Å². The fourth-order valence-electron chi connectivity index (χ4n) is 4.29. The molecule has 2 atom stereocenters. The average molecular weight is 411 g/mol. The summed E-state index contributed by atoms with van der Waals surface area (Å²) in [5, 5.41) is 23.2. The van der Waals surface area contributed by atoms with Gasteiger partial charge in [-0.15, -0.1) is 0 Å². The van der Waals surface area contributed by atoms with Gasteiger partial charge in [0.05, 0.1) is 6.10 Å². The minimum Gasteiger partial charge on any atom is -0.508 e. The Balaban J connectivity index is 1.29. The number of aryl methyl sites for hydroxylation is 1.